The third-order valence-electron chi connectivity index (χ3n) is 5.31. The molecule has 1 aromatic carbocycles. The smallest absolute Gasteiger partial charge is 0.319 e. The highest BCUT2D eigenvalue weighted by molar-refractivity contribution is 5.89. The van der Waals surface area contributed by atoms with E-state index in [9.17, 15) is 4.79 Å². The maximum absolute atomic E-state index is 12.3. The van der Waals surface area contributed by atoms with Gasteiger partial charge >= 0.3 is 6.03 Å². The number of likely N-dealkylation sites (N-methyl/N-ethyl adjacent to an activating group) is 1. The van der Waals surface area contributed by atoms with E-state index in [2.05, 4.69) is 34.6 Å². The summed E-state index contributed by atoms with van der Waals surface area (Å²) in [6.45, 7) is 1.12. The molecule has 0 atom stereocenters. The Balaban J connectivity index is 1.52. The van der Waals surface area contributed by atoms with Gasteiger partial charge in [-0.2, -0.15) is 0 Å². The summed E-state index contributed by atoms with van der Waals surface area (Å²) in [4.78, 5) is 18.6. The number of carbonyl (C=O) groups is 1. The third kappa shape index (κ3) is 5.20. The van der Waals surface area contributed by atoms with Crippen molar-refractivity contribution in [3.63, 3.8) is 0 Å². The summed E-state index contributed by atoms with van der Waals surface area (Å²) in [6, 6.07) is 11.1. The predicted molar refractivity (Wildman–Crippen MR) is 107 cm³/mol. The molecule has 6 nitrogen and oxygen atoms in total. The van der Waals surface area contributed by atoms with Gasteiger partial charge in [-0.15, -0.1) is 0 Å². The van der Waals surface area contributed by atoms with Crippen LogP contribution in [-0.2, 0) is 6.61 Å². The molecule has 1 heterocycles. The molecule has 0 aliphatic heterocycles. The number of hydrogen-bond acceptors (Lipinski definition) is 4. The maximum Gasteiger partial charge on any atom is 0.319 e. The average Bonchev–Trinajstić information content (AvgIpc) is 3.16. The van der Waals surface area contributed by atoms with Gasteiger partial charge < -0.3 is 20.3 Å². The number of ether oxygens (including phenoxy) is 1. The van der Waals surface area contributed by atoms with Crippen LogP contribution in [0.4, 0.5) is 10.5 Å². The van der Waals surface area contributed by atoms with Gasteiger partial charge in [-0.25, -0.2) is 4.79 Å². The van der Waals surface area contributed by atoms with E-state index in [4.69, 9.17) is 4.74 Å². The molecule has 0 saturated heterocycles. The van der Waals surface area contributed by atoms with E-state index in [1.807, 2.05) is 36.4 Å². The van der Waals surface area contributed by atoms with Gasteiger partial charge in [0.25, 0.3) is 0 Å². The Labute approximate surface area is 160 Å². The molecule has 0 radical (unpaired) electrons. The van der Waals surface area contributed by atoms with Gasteiger partial charge in [0.15, 0.2) is 0 Å². The van der Waals surface area contributed by atoms with Crippen molar-refractivity contribution in [2.75, 3.05) is 26.0 Å². The Morgan fingerprint density at radius 2 is 1.93 bits per heavy atom. The lowest BCUT2D eigenvalue weighted by Crippen LogP contribution is -2.51. The number of urea groups is 1. The standard InChI is InChI=1S/C21H28N4O2/c1-25(2)21(10-3-4-11-21)16-23-20(26)24-18-6-5-7-19(14-18)27-15-17-8-12-22-13-9-17/h5-9,12-14H,3-4,10-11,15-16H2,1-2H3,(H2,23,24,26). The van der Waals surface area contributed by atoms with Gasteiger partial charge in [0, 0.05) is 36.2 Å². The zero-order valence-electron chi connectivity index (χ0n) is 16.1. The van der Waals surface area contributed by atoms with Crippen LogP contribution in [-0.4, -0.2) is 42.1 Å². The molecule has 1 aromatic heterocycles. The lowest BCUT2D eigenvalue weighted by Gasteiger charge is -2.36. The van der Waals surface area contributed by atoms with Crippen molar-refractivity contribution in [3.8, 4) is 5.75 Å². The van der Waals surface area contributed by atoms with Crippen LogP contribution in [0.2, 0.25) is 0 Å². The molecular weight excluding hydrogens is 340 g/mol. The van der Waals surface area contributed by atoms with Crippen molar-refractivity contribution in [3.05, 3.63) is 54.4 Å². The van der Waals surface area contributed by atoms with Crippen molar-refractivity contribution >= 4 is 11.7 Å². The first-order valence-electron chi connectivity index (χ1n) is 9.41. The molecular formula is C21H28N4O2. The number of anilines is 1. The highest BCUT2D eigenvalue weighted by Gasteiger charge is 2.36. The second-order valence-electron chi connectivity index (χ2n) is 7.31. The molecule has 6 heteroatoms. The van der Waals surface area contributed by atoms with Crippen LogP contribution >= 0.6 is 0 Å². The second kappa shape index (κ2) is 8.86. The first kappa shape index (κ1) is 19.2. The Morgan fingerprint density at radius 1 is 1.19 bits per heavy atom. The van der Waals surface area contributed by atoms with Gasteiger partial charge in [-0.1, -0.05) is 18.9 Å². The van der Waals surface area contributed by atoms with Crippen molar-refractivity contribution < 1.29 is 9.53 Å². The normalized spacial score (nSPS) is 15.5. The number of rotatable bonds is 7. The molecule has 2 N–H and O–H groups in total. The van der Waals surface area contributed by atoms with Crippen LogP contribution in [0.5, 0.6) is 5.75 Å². The van der Waals surface area contributed by atoms with E-state index in [0.29, 0.717) is 24.6 Å². The Hall–Kier alpha value is -2.60. The van der Waals surface area contributed by atoms with E-state index < -0.39 is 0 Å². The van der Waals surface area contributed by atoms with Crippen LogP contribution in [0.3, 0.4) is 0 Å². The summed E-state index contributed by atoms with van der Waals surface area (Å²) in [6.07, 6.45) is 8.17. The number of amides is 2. The summed E-state index contributed by atoms with van der Waals surface area (Å²) in [5.41, 5.74) is 1.84. The van der Waals surface area contributed by atoms with Crippen molar-refractivity contribution in [2.45, 2.75) is 37.8 Å². The summed E-state index contributed by atoms with van der Waals surface area (Å²) in [7, 11) is 4.18. The first-order chi connectivity index (χ1) is 13.1. The molecule has 1 aliphatic rings. The number of nitrogens with zero attached hydrogens (tertiary/aromatic N) is 2. The molecule has 2 amide bonds. The molecule has 1 fully saturated rings. The lowest BCUT2D eigenvalue weighted by atomic mass is 9.96. The van der Waals surface area contributed by atoms with Crippen molar-refractivity contribution in [2.24, 2.45) is 0 Å². The number of hydrogen-bond donors (Lipinski definition) is 2. The average molecular weight is 368 g/mol. The number of nitrogens with one attached hydrogen (secondary N) is 2. The van der Waals surface area contributed by atoms with E-state index in [0.717, 1.165) is 18.4 Å². The van der Waals surface area contributed by atoms with Crippen LogP contribution in [0, 0.1) is 0 Å². The molecule has 1 saturated carbocycles. The van der Waals surface area contributed by atoms with Gasteiger partial charge in [0.2, 0.25) is 0 Å². The molecule has 144 valence electrons. The highest BCUT2D eigenvalue weighted by Crippen LogP contribution is 2.33. The van der Waals surface area contributed by atoms with Crippen LogP contribution in [0.25, 0.3) is 0 Å². The van der Waals surface area contributed by atoms with E-state index >= 15 is 0 Å². The Bertz CT molecular complexity index is 743. The van der Waals surface area contributed by atoms with Crippen molar-refractivity contribution in [1.29, 1.82) is 0 Å². The molecule has 3 rings (SSSR count). The fourth-order valence-corrected chi connectivity index (χ4v) is 3.54. The first-order valence-corrected chi connectivity index (χ1v) is 9.41. The second-order valence-corrected chi connectivity index (χ2v) is 7.31. The van der Waals surface area contributed by atoms with Gasteiger partial charge in [0.1, 0.15) is 12.4 Å². The number of aromatic nitrogens is 1. The fraction of sp³-hybridized carbons (Fsp3) is 0.429. The third-order valence-corrected chi connectivity index (χ3v) is 5.31. The van der Waals surface area contributed by atoms with Gasteiger partial charge in [-0.05, 0) is 56.8 Å². The number of pyridine rings is 1. The maximum atomic E-state index is 12.3. The van der Waals surface area contributed by atoms with Crippen LogP contribution in [0.1, 0.15) is 31.2 Å². The SMILES string of the molecule is CN(C)C1(CNC(=O)Nc2cccc(OCc3ccncc3)c2)CCCC1. The molecule has 1 aliphatic carbocycles. The van der Waals surface area contributed by atoms with Crippen molar-refractivity contribution in [1.82, 2.24) is 15.2 Å². The fourth-order valence-electron chi connectivity index (χ4n) is 3.54. The molecule has 0 spiro atoms. The van der Waals surface area contributed by atoms with E-state index in [-0.39, 0.29) is 11.6 Å². The minimum Gasteiger partial charge on any atom is -0.489 e. The minimum absolute atomic E-state index is 0.0762. The zero-order chi connectivity index (χ0) is 19.1. The molecule has 0 bridgehead atoms. The van der Waals surface area contributed by atoms with E-state index in [1.54, 1.807) is 12.4 Å². The molecule has 0 unspecified atom stereocenters. The number of carbonyl (C=O) groups excluding carboxylic acids is 1. The Kier molecular flexibility index (Phi) is 6.29. The van der Waals surface area contributed by atoms with Crippen LogP contribution < -0.4 is 15.4 Å². The summed E-state index contributed by atoms with van der Waals surface area (Å²) in [5.74, 6) is 0.713. The summed E-state index contributed by atoms with van der Waals surface area (Å²) >= 11 is 0. The van der Waals surface area contributed by atoms with E-state index in [1.165, 1.54) is 12.8 Å². The largest absolute Gasteiger partial charge is 0.489 e. The predicted octanol–water partition coefficient (Wildman–Crippen LogP) is 3.66. The number of benzene rings is 1. The summed E-state index contributed by atoms with van der Waals surface area (Å²) < 4.78 is 5.80. The zero-order valence-corrected chi connectivity index (χ0v) is 16.1. The monoisotopic (exact) mass is 368 g/mol. The van der Waals surface area contributed by atoms with Gasteiger partial charge in [-0.3, -0.25) is 4.98 Å². The van der Waals surface area contributed by atoms with Gasteiger partial charge in [0.05, 0.1) is 0 Å². The highest BCUT2D eigenvalue weighted by atomic mass is 16.5. The molecule has 2 aromatic rings. The van der Waals surface area contributed by atoms with Crippen LogP contribution in [0.15, 0.2) is 48.8 Å². The molecule has 27 heavy (non-hydrogen) atoms. The Morgan fingerprint density at radius 3 is 2.63 bits per heavy atom. The quantitative estimate of drug-likeness (QED) is 0.783. The topological polar surface area (TPSA) is 66.5 Å². The minimum atomic E-state index is -0.186. The summed E-state index contributed by atoms with van der Waals surface area (Å²) in [5, 5.41) is 5.94. The lowest BCUT2D eigenvalue weighted by molar-refractivity contribution is 0.156.